The molecular weight excluding hydrogens is 317 g/mol. The second kappa shape index (κ2) is 6.19. The molecule has 2 aromatic carbocycles. The molecule has 0 heterocycles. The van der Waals surface area contributed by atoms with Gasteiger partial charge in [0.05, 0.1) is 16.1 Å². The van der Waals surface area contributed by atoms with Crippen LogP contribution in [0.3, 0.4) is 0 Å². The van der Waals surface area contributed by atoms with Crippen LogP contribution in [0.4, 0.5) is 0 Å². The van der Waals surface area contributed by atoms with Gasteiger partial charge in [-0.05, 0) is 36.4 Å². The highest BCUT2D eigenvalue weighted by Gasteiger charge is 2.11. The van der Waals surface area contributed by atoms with Crippen LogP contribution in [0.25, 0.3) is 0 Å². The molecule has 0 aliphatic heterocycles. The van der Waals surface area contributed by atoms with Crippen molar-refractivity contribution in [2.45, 2.75) is 9.79 Å². The molecule has 0 aromatic heterocycles. The van der Waals surface area contributed by atoms with Crippen molar-refractivity contribution >= 4 is 40.9 Å². The van der Waals surface area contributed by atoms with Gasteiger partial charge in [0.25, 0.3) is 0 Å². The monoisotopic (exact) mass is 323 g/mol. The molecule has 6 heteroatoms. The van der Waals surface area contributed by atoms with E-state index in [1.165, 1.54) is 23.9 Å². The van der Waals surface area contributed by atoms with Crippen LogP contribution in [0.2, 0.25) is 10.0 Å². The first kappa shape index (κ1) is 14.7. The molecule has 0 radical (unpaired) electrons. The molecule has 0 aliphatic rings. The van der Waals surface area contributed by atoms with E-state index in [-0.39, 0.29) is 10.6 Å². The maximum atomic E-state index is 11.0. The number of rotatable bonds is 3. The molecule has 3 nitrogen and oxygen atoms in total. The van der Waals surface area contributed by atoms with E-state index in [0.29, 0.717) is 20.4 Å². The Kier molecular flexibility index (Phi) is 4.56. The molecule has 0 bridgehead atoms. The molecule has 0 amide bonds. The Labute approximate surface area is 129 Å². The van der Waals surface area contributed by atoms with Gasteiger partial charge < -0.3 is 5.11 Å². The summed E-state index contributed by atoms with van der Waals surface area (Å²) in [5.41, 5.74) is 0.503. The summed E-state index contributed by atoms with van der Waals surface area (Å²) in [6.45, 7) is 0. The average Bonchev–Trinajstić information content (AvgIpc) is 2.41. The van der Waals surface area contributed by atoms with Crippen LogP contribution < -0.4 is 0 Å². The van der Waals surface area contributed by atoms with Gasteiger partial charge in [-0.15, -0.1) is 0 Å². The highest BCUT2D eigenvalue weighted by molar-refractivity contribution is 7.99. The Hall–Kier alpha value is -1.67. The van der Waals surface area contributed by atoms with Crippen LogP contribution in [-0.4, -0.2) is 11.1 Å². The highest BCUT2D eigenvalue weighted by Crippen LogP contribution is 2.34. The van der Waals surface area contributed by atoms with Crippen LogP contribution in [0.1, 0.15) is 15.9 Å². The summed E-state index contributed by atoms with van der Waals surface area (Å²) in [5, 5.41) is 18.8. The summed E-state index contributed by atoms with van der Waals surface area (Å²) in [5.74, 6) is -1.09. The van der Waals surface area contributed by atoms with Crippen molar-refractivity contribution in [3.05, 3.63) is 57.6 Å². The fourth-order valence-corrected chi connectivity index (χ4v) is 2.94. The average molecular weight is 324 g/mol. The lowest BCUT2D eigenvalue weighted by molar-refractivity contribution is 0.0697. The molecule has 2 rings (SSSR count). The first-order chi connectivity index (χ1) is 9.51. The molecule has 0 saturated carbocycles. The minimum Gasteiger partial charge on any atom is -0.478 e. The van der Waals surface area contributed by atoms with Crippen LogP contribution in [0, 0.1) is 11.3 Å². The number of nitriles is 1. The molecule has 1 N–H and O–H groups in total. The summed E-state index contributed by atoms with van der Waals surface area (Å²) in [6.07, 6.45) is 0. The molecule has 100 valence electrons. The van der Waals surface area contributed by atoms with Gasteiger partial charge in [-0.25, -0.2) is 4.79 Å². The third-order valence-electron chi connectivity index (χ3n) is 2.46. The Balaban J connectivity index is 2.40. The Morgan fingerprint density at radius 2 is 1.95 bits per heavy atom. The Morgan fingerprint density at radius 3 is 2.60 bits per heavy atom. The van der Waals surface area contributed by atoms with E-state index in [0.717, 1.165) is 0 Å². The SMILES string of the molecule is N#Cc1ccc(Cl)cc1Sc1ccc(Cl)c(C(=O)O)c1. The summed E-state index contributed by atoms with van der Waals surface area (Å²) in [7, 11) is 0. The van der Waals surface area contributed by atoms with E-state index in [2.05, 4.69) is 6.07 Å². The van der Waals surface area contributed by atoms with Gasteiger partial charge >= 0.3 is 5.97 Å². The number of hydrogen-bond donors (Lipinski definition) is 1. The first-order valence-electron chi connectivity index (χ1n) is 5.41. The van der Waals surface area contributed by atoms with E-state index in [1.54, 1.807) is 24.3 Å². The molecule has 0 unspecified atom stereocenters. The fraction of sp³-hybridized carbons (Fsp3) is 0. The third kappa shape index (κ3) is 3.26. The summed E-state index contributed by atoms with van der Waals surface area (Å²) < 4.78 is 0. The number of carbonyl (C=O) groups is 1. The predicted octanol–water partition coefficient (Wildman–Crippen LogP) is 4.71. The van der Waals surface area contributed by atoms with Crippen molar-refractivity contribution in [2.75, 3.05) is 0 Å². The quantitative estimate of drug-likeness (QED) is 0.888. The van der Waals surface area contributed by atoms with Crippen molar-refractivity contribution in [3.8, 4) is 6.07 Å². The molecule has 0 saturated heterocycles. The summed E-state index contributed by atoms with van der Waals surface area (Å²) in [6, 6.07) is 11.7. The summed E-state index contributed by atoms with van der Waals surface area (Å²) in [4.78, 5) is 12.4. The topological polar surface area (TPSA) is 61.1 Å². The smallest absolute Gasteiger partial charge is 0.337 e. The van der Waals surface area contributed by atoms with E-state index in [9.17, 15) is 4.79 Å². The lowest BCUT2D eigenvalue weighted by Crippen LogP contribution is -1.97. The molecule has 0 atom stereocenters. The number of carboxylic acids is 1. The Morgan fingerprint density at radius 1 is 1.20 bits per heavy atom. The maximum absolute atomic E-state index is 11.0. The lowest BCUT2D eigenvalue weighted by atomic mass is 10.2. The normalized spacial score (nSPS) is 10.1. The standard InChI is InChI=1S/C14H7Cl2NO2S/c15-9-2-1-8(7-17)13(5-9)20-10-3-4-12(16)11(6-10)14(18)19/h1-6H,(H,18,19). The van der Waals surface area contributed by atoms with Crippen LogP contribution in [-0.2, 0) is 0 Å². The van der Waals surface area contributed by atoms with Gasteiger partial charge in [-0.2, -0.15) is 5.26 Å². The van der Waals surface area contributed by atoms with E-state index in [1.807, 2.05) is 0 Å². The zero-order chi connectivity index (χ0) is 14.7. The molecular formula is C14H7Cl2NO2S. The van der Waals surface area contributed by atoms with E-state index >= 15 is 0 Å². The maximum Gasteiger partial charge on any atom is 0.337 e. The van der Waals surface area contributed by atoms with Crippen molar-refractivity contribution in [1.82, 2.24) is 0 Å². The molecule has 0 spiro atoms. The molecule has 0 fully saturated rings. The van der Waals surface area contributed by atoms with Gasteiger partial charge in [-0.3, -0.25) is 0 Å². The van der Waals surface area contributed by atoms with Crippen LogP contribution >= 0.6 is 35.0 Å². The van der Waals surface area contributed by atoms with Crippen molar-refractivity contribution in [1.29, 1.82) is 5.26 Å². The van der Waals surface area contributed by atoms with Gasteiger partial charge in [0.15, 0.2) is 0 Å². The largest absolute Gasteiger partial charge is 0.478 e. The van der Waals surface area contributed by atoms with Crippen LogP contribution in [0.15, 0.2) is 46.2 Å². The number of benzene rings is 2. The van der Waals surface area contributed by atoms with Gasteiger partial charge in [0, 0.05) is 14.8 Å². The zero-order valence-corrected chi connectivity index (χ0v) is 12.3. The van der Waals surface area contributed by atoms with Gasteiger partial charge in [0.1, 0.15) is 6.07 Å². The van der Waals surface area contributed by atoms with Crippen molar-refractivity contribution in [2.24, 2.45) is 0 Å². The number of halogens is 2. The lowest BCUT2D eigenvalue weighted by Gasteiger charge is -2.06. The highest BCUT2D eigenvalue weighted by atomic mass is 35.5. The van der Waals surface area contributed by atoms with Gasteiger partial charge in [-0.1, -0.05) is 35.0 Å². The van der Waals surface area contributed by atoms with E-state index in [4.69, 9.17) is 33.6 Å². The molecule has 2 aromatic rings. The third-order valence-corrected chi connectivity index (χ3v) is 4.07. The second-order valence-electron chi connectivity index (χ2n) is 3.80. The van der Waals surface area contributed by atoms with Crippen molar-refractivity contribution in [3.63, 3.8) is 0 Å². The number of carboxylic acid groups (broad SMARTS) is 1. The minimum atomic E-state index is -1.09. The van der Waals surface area contributed by atoms with Gasteiger partial charge in [0.2, 0.25) is 0 Å². The predicted molar refractivity (Wildman–Crippen MR) is 78.7 cm³/mol. The minimum absolute atomic E-state index is 0.0252. The molecule has 0 aliphatic carbocycles. The Bertz CT molecular complexity index is 726. The zero-order valence-electron chi connectivity index (χ0n) is 9.93. The van der Waals surface area contributed by atoms with Crippen molar-refractivity contribution < 1.29 is 9.90 Å². The number of nitrogens with zero attached hydrogens (tertiary/aromatic N) is 1. The van der Waals surface area contributed by atoms with Crippen LogP contribution in [0.5, 0.6) is 0 Å². The molecule has 20 heavy (non-hydrogen) atoms. The number of aromatic carboxylic acids is 1. The summed E-state index contributed by atoms with van der Waals surface area (Å²) >= 11 is 13.0. The fourth-order valence-electron chi connectivity index (χ4n) is 1.53. The first-order valence-corrected chi connectivity index (χ1v) is 6.99. The van der Waals surface area contributed by atoms with E-state index < -0.39 is 5.97 Å². The number of hydrogen-bond acceptors (Lipinski definition) is 3. The second-order valence-corrected chi connectivity index (χ2v) is 5.76.